The monoisotopic (exact) mass is 451 g/mol. The maximum absolute atomic E-state index is 13.7. The number of nitrogens with one attached hydrogen (secondary N) is 3. The fraction of sp³-hybridized carbons (Fsp3) is 0.429. The minimum atomic E-state index is -4.63. The van der Waals surface area contributed by atoms with Gasteiger partial charge in [-0.3, -0.25) is 14.9 Å². The van der Waals surface area contributed by atoms with Crippen LogP contribution in [0.4, 0.5) is 13.2 Å². The smallest absolute Gasteiger partial charge is 0.416 e. The van der Waals surface area contributed by atoms with Gasteiger partial charge in [-0.05, 0) is 17.7 Å². The van der Waals surface area contributed by atoms with Crippen molar-refractivity contribution in [2.75, 3.05) is 7.11 Å². The van der Waals surface area contributed by atoms with Crippen LogP contribution in [0.15, 0.2) is 30.6 Å². The van der Waals surface area contributed by atoms with E-state index in [0.29, 0.717) is 11.1 Å². The fourth-order valence-corrected chi connectivity index (χ4v) is 3.31. The van der Waals surface area contributed by atoms with Crippen molar-refractivity contribution in [1.82, 2.24) is 25.9 Å². The second kappa shape index (κ2) is 9.51. The lowest BCUT2D eigenvalue weighted by atomic mass is 9.96. The number of carbonyl (C=O) groups is 2. The first-order chi connectivity index (χ1) is 15.1. The second-order valence-electron chi connectivity index (χ2n) is 7.72. The molecule has 0 aliphatic carbocycles. The van der Waals surface area contributed by atoms with Gasteiger partial charge in [0.1, 0.15) is 6.17 Å². The van der Waals surface area contributed by atoms with Crippen LogP contribution < -0.4 is 20.7 Å². The fourth-order valence-electron chi connectivity index (χ4n) is 3.31. The average Bonchev–Trinajstić information content (AvgIpc) is 2.76. The minimum absolute atomic E-state index is 0.0116. The van der Waals surface area contributed by atoms with Crippen molar-refractivity contribution >= 4 is 11.8 Å². The first-order valence-corrected chi connectivity index (χ1v) is 9.97. The molecule has 32 heavy (non-hydrogen) atoms. The summed E-state index contributed by atoms with van der Waals surface area (Å²) in [6.07, 6.45) is -2.79. The van der Waals surface area contributed by atoms with Crippen molar-refractivity contribution in [1.29, 1.82) is 0 Å². The van der Waals surface area contributed by atoms with Gasteiger partial charge in [0, 0.05) is 48.4 Å². The molecule has 0 radical (unpaired) electrons. The Kier molecular flexibility index (Phi) is 6.97. The molecule has 8 nitrogen and oxygen atoms in total. The number of nitrogens with zero attached hydrogens (tertiary/aromatic N) is 2. The molecule has 1 aliphatic heterocycles. The summed E-state index contributed by atoms with van der Waals surface area (Å²) in [4.78, 5) is 32.2. The van der Waals surface area contributed by atoms with E-state index in [-0.39, 0.29) is 36.4 Å². The van der Waals surface area contributed by atoms with E-state index in [1.54, 1.807) is 13.8 Å². The molecule has 3 rings (SSSR count). The third kappa shape index (κ3) is 5.52. The van der Waals surface area contributed by atoms with Crippen LogP contribution >= 0.6 is 0 Å². The van der Waals surface area contributed by atoms with Crippen molar-refractivity contribution in [2.45, 2.75) is 45.2 Å². The van der Waals surface area contributed by atoms with Gasteiger partial charge in [-0.1, -0.05) is 19.9 Å². The number of ether oxygens (including phenoxy) is 1. The number of methoxy groups -OCH3 is 1. The summed E-state index contributed by atoms with van der Waals surface area (Å²) in [6, 6.07) is 3.16. The molecule has 2 heterocycles. The molecule has 2 amide bonds. The molecule has 1 aliphatic rings. The highest BCUT2D eigenvalue weighted by atomic mass is 19.4. The molecule has 2 aromatic rings. The highest BCUT2D eigenvalue weighted by molar-refractivity contribution is 5.78. The zero-order valence-electron chi connectivity index (χ0n) is 17.8. The number of hydrogen-bond donors (Lipinski definition) is 3. The lowest BCUT2D eigenvalue weighted by Gasteiger charge is -2.33. The highest BCUT2D eigenvalue weighted by Crippen LogP contribution is 2.36. The molecular formula is C21H24F3N5O3. The summed E-state index contributed by atoms with van der Waals surface area (Å²) in [6.45, 7) is 3.51. The Balaban J connectivity index is 1.90. The van der Waals surface area contributed by atoms with Crippen molar-refractivity contribution in [2.24, 2.45) is 5.92 Å². The van der Waals surface area contributed by atoms with Gasteiger partial charge in [-0.15, -0.1) is 0 Å². The van der Waals surface area contributed by atoms with E-state index in [1.807, 2.05) is 0 Å². The molecule has 0 spiro atoms. The van der Waals surface area contributed by atoms with Gasteiger partial charge >= 0.3 is 12.2 Å². The zero-order chi connectivity index (χ0) is 23.5. The summed E-state index contributed by atoms with van der Waals surface area (Å²) < 4.78 is 46.0. The molecule has 2 unspecified atom stereocenters. The van der Waals surface area contributed by atoms with E-state index >= 15 is 0 Å². The number of benzene rings is 1. The van der Waals surface area contributed by atoms with Gasteiger partial charge in [-0.25, -0.2) is 9.97 Å². The summed E-state index contributed by atoms with van der Waals surface area (Å²) in [7, 11) is 1.41. The largest absolute Gasteiger partial charge is 0.467 e. The van der Waals surface area contributed by atoms with Crippen LogP contribution in [0.3, 0.4) is 0 Å². The normalized spacial score (nSPS) is 18.9. The van der Waals surface area contributed by atoms with Gasteiger partial charge < -0.3 is 15.4 Å². The second-order valence-corrected chi connectivity index (χ2v) is 7.72. The van der Waals surface area contributed by atoms with E-state index < -0.39 is 29.9 Å². The Morgan fingerprint density at radius 1 is 1.28 bits per heavy atom. The summed E-state index contributed by atoms with van der Waals surface area (Å²) in [5.41, 5.74) is 0.00894. The van der Waals surface area contributed by atoms with E-state index in [9.17, 15) is 22.8 Å². The molecule has 1 aromatic heterocycles. The predicted molar refractivity (Wildman–Crippen MR) is 108 cm³/mol. The van der Waals surface area contributed by atoms with Gasteiger partial charge in [0.25, 0.3) is 0 Å². The molecule has 0 saturated carbocycles. The number of aromatic nitrogens is 2. The van der Waals surface area contributed by atoms with Gasteiger partial charge in [0.05, 0.1) is 12.7 Å². The van der Waals surface area contributed by atoms with Crippen LogP contribution in [0.1, 0.15) is 54.7 Å². The Morgan fingerprint density at radius 2 is 1.97 bits per heavy atom. The Bertz CT molecular complexity index is 980. The lowest BCUT2D eigenvalue weighted by molar-refractivity contribution is -0.139. The summed E-state index contributed by atoms with van der Waals surface area (Å²) in [5.74, 6) is -0.882. The van der Waals surface area contributed by atoms with Gasteiger partial charge in [0.2, 0.25) is 11.8 Å². The van der Waals surface area contributed by atoms with Gasteiger partial charge in [-0.2, -0.15) is 13.2 Å². The Morgan fingerprint density at radius 3 is 2.56 bits per heavy atom. The quantitative estimate of drug-likeness (QED) is 0.624. The lowest BCUT2D eigenvalue weighted by Crippen LogP contribution is -2.47. The van der Waals surface area contributed by atoms with Crippen molar-refractivity contribution < 1.29 is 27.5 Å². The first-order valence-electron chi connectivity index (χ1n) is 9.97. The Hall–Kier alpha value is -3.21. The number of alkyl halides is 3. The van der Waals surface area contributed by atoms with Crippen LogP contribution in [0.25, 0.3) is 0 Å². The van der Waals surface area contributed by atoms with E-state index in [0.717, 1.165) is 6.07 Å². The van der Waals surface area contributed by atoms with E-state index in [2.05, 4.69) is 25.9 Å². The number of rotatable bonds is 6. The van der Waals surface area contributed by atoms with Crippen LogP contribution in [-0.2, 0) is 22.3 Å². The topological polar surface area (TPSA) is 105 Å². The Labute approximate surface area is 183 Å². The SMILES string of the molecule is COc1ncc(C2CC(=O)NC(c3cc(CNC(=O)C(C)C)ccc3C(F)(F)F)N2)cn1. The van der Waals surface area contributed by atoms with Gasteiger partial charge in [0.15, 0.2) is 0 Å². The maximum atomic E-state index is 13.7. The predicted octanol–water partition coefficient (Wildman–Crippen LogP) is 2.63. The van der Waals surface area contributed by atoms with Crippen LogP contribution in [0.2, 0.25) is 0 Å². The molecule has 11 heteroatoms. The third-order valence-electron chi connectivity index (χ3n) is 5.02. The van der Waals surface area contributed by atoms with Crippen molar-refractivity contribution in [3.8, 4) is 6.01 Å². The van der Waals surface area contributed by atoms with Crippen LogP contribution in [0, 0.1) is 5.92 Å². The molecule has 172 valence electrons. The summed E-state index contributed by atoms with van der Waals surface area (Å²) in [5, 5.41) is 8.30. The van der Waals surface area contributed by atoms with Crippen LogP contribution in [-0.4, -0.2) is 28.9 Å². The average molecular weight is 451 g/mol. The number of amides is 2. The highest BCUT2D eigenvalue weighted by Gasteiger charge is 2.38. The minimum Gasteiger partial charge on any atom is -0.467 e. The first kappa shape index (κ1) is 23.5. The molecule has 1 fully saturated rings. The number of halogens is 3. The van der Waals surface area contributed by atoms with Crippen molar-refractivity contribution in [3.63, 3.8) is 0 Å². The molecular weight excluding hydrogens is 427 g/mol. The standard InChI is InChI=1S/C21H24F3N5O3/c1-11(2)19(31)25-8-12-4-5-15(21(22,23)24)14(6-12)18-28-16(7-17(30)29-18)13-9-26-20(32-3)27-10-13/h4-6,9-11,16,18,28H,7-8H2,1-3H3,(H,25,31)(H,29,30). The van der Waals surface area contributed by atoms with E-state index in [4.69, 9.17) is 4.74 Å². The molecule has 1 aromatic carbocycles. The van der Waals surface area contributed by atoms with E-state index in [1.165, 1.54) is 31.6 Å². The molecule has 2 atom stereocenters. The third-order valence-corrected chi connectivity index (χ3v) is 5.02. The van der Waals surface area contributed by atoms with Crippen LogP contribution in [0.5, 0.6) is 6.01 Å². The molecule has 0 bridgehead atoms. The summed E-state index contributed by atoms with van der Waals surface area (Å²) >= 11 is 0. The molecule has 3 N–H and O–H groups in total. The number of hydrogen-bond acceptors (Lipinski definition) is 6. The molecule has 1 saturated heterocycles. The number of carbonyl (C=O) groups excluding carboxylic acids is 2. The zero-order valence-corrected chi connectivity index (χ0v) is 17.8. The maximum Gasteiger partial charge on any atom is 0.416 e. The van der Waals surface area contributed by atoms with Crippen molar-refractivity contribution in [3.05, 3.63) is 52.8 Å².